The van der Waals surface area contributed by atoms with Crippen molar-refractivity contribution >= 4 is 16.9 Å². The molecule has 0 saturated heterocycles. The minimum atomic E-state index is -0.819. The first-order valence-corrected chi connectivity index (χ1v) is 8.21. The van der Waals surface area contributed by atoms with E-state index in [0.717, 1.165) is 16.5 Å². The van der Waals surface area contributed by atoms with E-state index >= 15 is 0 Å². The van der Waals surface area contributed by atoms with Gasteiger partial charge in [0.25, 0.3) is 0 Å². The zero-order chi connectivity index (χ0) is 16.9. The van der Waals surface area contributed by atoms with Crippen LogP contribution >= 0.6 is 0 Å². The third kappa shape index (κ3) is 3.66. The van der Waals surface area contributed by atoms with Gasteiger partial charge in [-0.1, -0.05) is 55.5 Å². The van der Waals surface area contributed by atoms with Crippen molar-refractivity contribution in [1.29, 1.82) is 0 Å². The number of hydrogen-bond acceptors (Lipinski definition) is 2. The molecular formula is C20H22N2O2. The maximum Gasteiger partial charge on any atom is 0.321 e. The average Bonchev–Trinajstić information content (AvgIpc) is 3.02. The second kappa shape index (κ2) is 7.32. The van der Waals surface area contributed by atoms with Crippen LogP contribution in [0, 0.1) is 0 Å². The number of H-pyrrole nitrogens is 1. The zero-order valence-corrected chi connectivity index (χ0v) is 13.7. The molecular weight excluding hydrogens is 300 g/mol. The van der Waals surface area contributed by atoms with Crippen LogP contribution in [-0.4, -0.2) is 28.6 Å². The Morgan fingerprint density at radius 3 is 2.58 bits per heavy atom. The second-order valence-corrected chi connectivity index (χ2v) is 6.17. The molecule has 2 atom stereocenters. The SMILES string of the molecule is C[C@H](CN[C@@H](Cc1c[nH]c2ccccc12)C(=O)O)c1ccccc1. The fourth-order valence-corrected chi connectivity index (χ4v) is 2.99. The minimum Gasteiger partial charge on any atom is -0.480 e. The Morgan fingerprint density at radius 2 is 1.83 bits per heavy atom. The summed E-state index contributed by atoms with van der Waals surface area (Å²) in [5.41, 5.74) is 3.27. The number of fused-ring (bicyclic) bond motifs is 1. The molecule has 124 valence electrons. The van der Waals surface area contributed by atoms with Crippen LogP contribution in [0.5, 0.6) is 0 Å². The normalized spacial score (nSPS) is 13.7. The quantitative estimate of drug-likeness (QED) is 0.623. The number of hydrogen-bond donors (Lipinski definition) is 3. The van der Waals surface area contributed by atoms with Crippen molar-refractivity contribution in [2.24, 2.45) is 0 Å². The molecule has 0 aliphatic carbocycles. The van der Waals surface area contributed by atoms with Crippen LogP contribution < -0.4 is 5.32 Å². The van der Waals surface area contributed by atoms with Crippen molar-refractivity contribution in [2.45, 2.75) is 25.3 Å². The molecule has 2 aromatic carbocycles. The first-order chi connectivity index (χ1) is 11.6. The van der Waals surface area contributed by atoms with Crippen molar-refractivity contribution in [2.75, 3.05) is 6.54 Å². The third-order valence-electron chi connectivity index (χ3n) is 4.44. The third-order valence-corrected chi connectivity index (χ3v) is 4.44. The Labute approximate surface area is 141 Å². The van der Waals surface area contributed by atoms with Gasteiger partial charge in [-0.15, -0.1) is 0 Å². The summed E-state index contributed by atoms with van der Waals surface area (Å²) in [6, 6.07) is 17.5. The van der Waals surface area contributed by atoms with Crippen molar-refractivity contribution in [1.82, 2.24) is 10.3 Å². The zero-order valence-electron chi connectivity index (χ0n) is 13.7. The second-order valence-electron chi connectivity index (χ2n) is 6.17. The van der Waals surface area contributed by atoms with Crippen LogP contribution in [0.3, 0.4) is 0 Å². The predicted molar refractivity (Wildman–Crippen MR) is 96.3 cm³/mol. The van der Waals surface area contributed by atoms with Crippen molar-refractivity contribution in [3.8, 4) is 0 Å². The Kier molecular flexibility index (Phi) is 4.96. The Hall–Kier alpha value is -2.59. The summed E-state index contributed by atoms with van der Waals surface area (Å²) in [6.45, 7) is 2.73. The minimum absolute atomic E-state index is 0.260. The summed E-state index contributed by atoms with van der Waals surface area (Å²) < 4.78 is 0. The van der Waals surface area contributed by atoms with Gasteiger partial charge in [-0.2, -0.15) is 0 Å². The van der Waals surface area contributed by atoms with Crippen LogP contribution in [-0.2, 0) is 11.2 Å². The highest BCUT2D eigenvalue weighted by atomic mass is 16.4. The summed E-state index contributed by atoms with van der Waals surface area (Å²) in [4.78, 5) is 14.8. The number of aromatic nitrogens is 1. The van der Waals surface area contributed by atoms with E-state index in [1.165, 1.54) is 5.56 Å². The number of carbonyl (C=O) groups is 1. The van der Waals surface area contributed by atoms with E-state index in [4.69, 9.17) is 0 Å². The maximum absolute atomic E-state index is 11.6. The summed E-state index contributed by atoms with van der Waals surface area (Å²) in [5, 5.41) is 13.8. The molecule has 24 heavy (non-hydrogen) atoms. The molecule has 3 aromatic rings. The molecule has 4 heteroatoms. The van der Waals surface area contributed by atoms with Crippen LogP contribution in [0.1, 0.15) is 24.0 Å². The van der Waals surface area contributed by atoms with Crippen LogP contribution in [0.4, 0.5) is 0 Å². The van der Waals surface area contributed by atoms with E-state index in [1.54, 1.807) is 0 Å². The van der Waals surface area contributed by atoms with Gasteiger partial charge in [-0.05, 0) is 23.1 Å². The Balaban J connectivity index is 1.68. The van der Waals surface area contributed by atoms with E-state index in [0.29, 0.717) is 13.0 Å². The lowest BCUT2D eigenvalue weighted by Crippen LogP contribution is -2.40. The van der Waals surface area contributed by atoms with E-state index in [9.17, 15) is 9.90 Å². The topological polar surface area (TPSA) is 65.1 Å². The standard InChI is InChI=1S/C20H22N2O2/c1-14(15-7-3-2-4-8-15)12-21-19(20(23)24)11-16-13-22-18-10-6-5-9-17(16)18/h2-10,13-14,19,21-22H,11-12H2,1H3,(H,23,24)/t14-,19+/m1/s1. The molecule has 0 radical (unpaired) electrons. The first kappa shape index (κ1) is 16.3. The van der Waals surface area contributed by atoms with E-state index in [2.05, 4.69) is 29.4 Å². The highest BCUT2D eigenvalue weighted by molar-refractivity contribution is 5.84. The van der Waals surface area contributed by atoms with Crippen LogP contribution in [0.15, 0.2) is 60.8 Å². The van der Waals surface area contributed by atoms with Crippen LogP contribution in [0.2, 0.25) is 0 Å². The molecule has 1 heterocycles. The van der Waals surface area contributed by atoms with Crippen LogP contribution in [0.25, 0.3) is 10.9 Å². The van der Waals surface area contributed by atoms with E-state index in [1.807, 2.05) is 48.7 Å². The summed E-state index contributed by atoms with van der Waals surface area (Å²) >= 11 is 0. The maximum atomic E-state index is 11.6. The monoisotopic (exact) mass is 322 g/mol. The Bertz CT molecular complexity index is 811. The fraction of sp³-hybridized carbons (Fsp3) is 0.250. The highest BCUT2D eigenvalue weighted by Crippen LogP contribution is 2.20. The molecule has 0 unspecified atom stereocenters. The lowest BCUT2D eigenvalue weighted by molar-refractivity contribution is -0.139. The smallest absolute Gasteiger partial charge is 0.321 e. The number of para-hydroxylation sites is 1. The molecule has 0 amide bonds. The number of aromatic amines is 1. The molecule has 0 spiro atoms. The van der Waals surface area contributed by atoms with Crippen molar-refractivity contribution in [3.05, 3.63) is 71.9 Å². The lowest BCUT2D eigenvalue weighted by atomic mass is 10.00. The molecule has 1 aromatic heterocycles. The van der Waals surface area contributed by atoms with Gasteiger partial charge in [-0.25, -0.2) is 0 Å². The average molecular weight is 322 g/mol. The number of rotatable bonds is 7. The molecule has 0 fully saturated rings. The van der Waals surface area contributed by atoms with E-state index in [-0.39, 0.29) is 5.92 Å². The fourth-order valence-electron chi connectivity index (χ4n) is 2.99. The number of benzene rings is 2. The molecule has 4 nitrogen and oxygen atoms in total. The van der Waals surface area contributed by atoms with Gasteiger partial charge in [-0.3, -0.25) is 4.79 Å². The van der Waals surface area contributed by atoms with Gasteiger partial charge >= 0.3 is 5.97 Å². The van der Waals surface area contributed by atoms with Gasteiger partial charge in [0.15, 0.2) is 0 Å². The number of aliphatic carboxylic acids is 1. The molecule has 3 rings (SSSR count). The molecule has 0 saturated carbocycles. The molecule has 0 bridgehead atoms. The molecule has 0 aliphatic heterocycles. The molecule has 3 N–H and O–H groups in total. The summed E-state index contributed by atoms with van der Waals surface area (Å²) in [5.74, 6) is -0.559. The van der Waals surface area contributed by atoms with Gasteiger partial charge < -0.3 is 15.4 Å². The summed E-state index contributed by atoms with van der Waals surface area (Å²) in [7, 11) is 0. The van der Waals surface area contributed by atoms with Crippen molar-refractivity contribution in [3.63, 3.8) is 0 Å². The van der Waals surface area contributed by atoms with Gasteiger partial charge in [0.1, 0.15) is 6.04 Å². The number of nitrogens with one attached hydrogen (secondary N) is 2. The largest absolute Gasteiger partial charge is 0.480 e. The highest BCUT2D eigenvalue weighted by Gasteiger charge is 2.20. The lowest BCUT2D eigenvalue weighted by Gasteiger charge is -2.18. The van der Waals surface area contributed by atoms with Crippen molar-refractivity contribution < 1.29 is 9.90 Å². The predicted octanol–water partition coefficient (Wildman–Crippen LogP) is 3.56. The summed E-state index contributed by atoms with van der Waals surface area (Å²) in [6.07, 6.45) is 2.36. The number of carboxylic acids is 1. The first-order valence-electron chi connectivity index (χ1n) is 8.21. The Morgan fingerprint density at radius 1 is 1.12 bits per heavy atom. The van der Waals surface area contributed by atoms with Gasteiger partial charge in [0.2, 0.25) is 0 Å². The van der Waals surface area contributed by atoms with Gasteiger partial charge in [0, 0.05) is 30.1 Å². The molecule has 0 aliphatic rings. The van der Waals surface area contributed by atoms with Gasteiger partial charge in [0.05, 0.1) is 0 Å². The number of carboxylic acid groups (broad SMARTS) is 1. The van der Waals surface area contributed by atoms with E-state index < -0.39 is 12.0 Å².